The summed E-state index contributed by atoms with van der Waals surface area (Å²) >= 11 is 0. The van der Waals surface area contributed by atoms with E-state index in [2.05, 4.69) is 16.8 Å². The molecule has 0 fully saturated rings. The number of allylic oxidation sites excluding steroid dienone is 1. The molecule has 0 saturated carbocycles. The molecule has 58 valence electrons. The van der Waals surface area contributed by atoms with Gasteiger partial charge in [0.1, 0.15) is 0 Å². The van der Waals surface area contributed by atoms with Crippen molar-refractivity contribution in [3.05, 3.63) is 29.6 Å². The number of aromatic nitrogens is 2. The maximum absolute atomic E-state index is 4.09. The van der Waals surface area contributed by atoms with Crippen molar-refractivity contribution in [2.24, 2.45) is 0 Å². The second-order valence-electron chi connectivity index (χ2n) is 2.35. The van der Waals surface area contributed by atoms with Gasteiger partial charge in [-0.25, -0.2) is 0 Å². The van der Waals surface area contributed by atoms with Crippen LogP contribution in [0.1, 0.15) is 23.9 Å². The van der Waals surface area contributed by atoms with Crippen LogP contribution in [0.15, 0.2) is 12.7 Å². The normalized spacial score (nSPS) is 10.7. The Bertz CT molecular complexity index is 282. The van der Waals surface area contributed by atoms with E-state index >= 15 is 0 Å². The van der Waals surface area contributed by atoms with Crippen LogP contribution >= 0.6 is 0 Å². The minimum atomic E-state index is 0.958. The van der Waals surface area contributed by atoms with Gasteiger partial charge < -0.3 is 0 Å². The number of hydrogen-bond donors (Lipinski definition) is 1. The van der Waals surface area contributed by atoms with Gasteiger partial charge in [-0.15, -0.1) is 0 Å². The zero-order valence-corrected chi connectivity index (χ0v) is 6.89. The number of aryl methyl sites for hydroxylation is 1. The Morgan fingerprint density at radius 2 is 2.27 bits per heavy atom. The van der Waals surface area contributed by atoms with Crippen LogP contribution in [0.4, 0.5) is 0 Å². The first kappa shape index (κ1) is 7.79. The van der Waals surface area contributed by atoms with Crippen molar-refractivity contribution in [3.8, 4) is 0 Å². The Kier molecular flexibility index (Phi) is 2.26. The van der Waals surface area contributed by atoms with Crippen LogP contribution in [-0.2, 0) is 0 Å². The summed E-state index contributed by atoms with van der Waals surface area (Å²) in [7, 11) is 0. The van der Waals surface area contributed by atoms with Crippen molar-refractivity contribution in [2.45, 2.75) is 13.8 Å². The summed E-state index contributed by atoms with van der Waals surface area (Å²) in [5, 5.41) is 6.99. The second kappa shape index (κ2) is 3.19. The molecule has 1 N–H and O–H groups in total. The molecule has 0 spiro atoms. The molecule has 1 heterocycles. The van der Waals surface area contributed by atoms with Gasteiger partial charge in [0.05, 0.1) is 5.69 Å². The van der Waals surface area contributed by atoms with E-state index in [0.717, 1.165) is 17.0 Å². The smallest absolute Gasteiger partial charge is 0.0920 e. The van der Waals surface area contributed by atoms with Crippen molar-refractivity contribution in [3.63, 3.8) is 0 Å². The fourth-order valence-electron chi connectivity index (χ4n) is 0.999. The van der Waals surface area contributed by atoms with Crippen LogP contribution in [0.5, 0.6) is 0 Å². The topological polar surface area (TPSA) is 28.7 Å². The molecule has 0 saturated heterocycles. The van der Waals surface area contributed by atoms with E-state index in [-0.39, 0.29) is 0 Å². The number of nitrogens with one attached hydrogen (secondary N) is 1. The molecule has 0 amide bonds. The van der Waals surface area contributed by atoms with E-state index < -0.39 is 0 Å². The largest absolute Gasteiger partial charge is 0.282 e. The van der Waals surface area contributed by atoms with Gasteiger partial charge in [0, 0.05) is 11.3 Å². The highest BCUT2D eigenvalue weighted by Gasteiger charge is 2.01. The van der Waals surface area contributed by atoms with Crippen molar-refractivity contribution in [1.82, 2.24) is 10.2 Å². The zero-order chi connectivity index (χ0) is 8.27. The number of rotatable bonds is 2. The van der Waals surface area contributed by atoms with Crippen molar-refractivity contribution in [2.75, 3.05) is 0 Å². The maximum Gasteiger partial charge on any atom is 0.0920 e. The monoisotopic (exact) mass is 148 g/mol. The highest BCUT2D eigenvalue weighted by atomic mass is 15.1. The third-order valence-corrected chi connectivity index (χ3v) is 1.55. The highest BCUT2D eigenvalue weighted by Crippen LogP contribution is 2.12. The summed E-state index contributed by atoms with van der Waals surface area (Å²) in [5.41, 5.74) is 3.11. The van der Waals surface area contributed by atoms with Crippen molar-refractivity contribution in [1.29, 1.82) is 0 Å². The predicted molar refractivity (Wildman–Crippen MR) is 48.1 cm³/mol. The molecule has 2 nitrogen and oxygen atoms in total. The number of hydrogen-bond acceptors (Lipinski definition) is 1. The standard InChI is InChI=1S/C9H12N2/c1-4-6-9-8(5-2)7(3)10-11-9/h4-6H,2H2,1,3H3,(H,10,11)/b6-4-. The van der Waals surface area contributed by atoms with Crippen LogP contribution in [0, 0.1) is 6.92 Å². The molecule has 0 atom stereocenters. The van der Waals surface area contributed by atoms with Gasteiger partial charge in [0.15, 0.2) is 0 Å². The fourth-order valence-corrected chi connectivity index (χ4v) is 0.999. The van der Waals surface area contributed by atoms with E-state index in [0.29, 0.717) is 0 Å². The van der Waals surface area contributed by atoms with Crippen molar-refractivity contribution < 1.29 is 0 Å². The van der Waals surface area contributed by atoms with E-state index in [1.807, 2.05) is 32.1 Å². The molecule has 0 aliphatic heterocycles. The first-order chi connectivity index (χ1) is 5.29. The van der Waals surface area contributed by atoms with Gasteiger partial charge in [-0.2, -0.15) is 5.10 Å². The lowest BCUT2D eigenvalue weighted by Crippen LogP contribution is -1.75. The summed E-state index contributed by atoms with van der Waals surface area (Å²) in [5.74, 6) is 0. The number of aromatic amines is 1. The molecule has 1 aromatic heterocycles. The third-order valence-electron chi connectivity index (χ3n) is 1.55. The maximum atomic E-state index is 4.09. The molecule has 11 heavy (non-hydrogen) atoms. The Hall–Kier alpha value is -1.31. The Labute approximate surface area is 66.6 Å². The molecule has 1 aromatic rings. The molecule has 0 radical (unpaired) electrons. The van der Waals surface area contributed by atoms with Gasteiger partial charge in [-0.05, 0) is 19.9 Å². The summed E-state index contributed by atoms with van der Waals surface area (Å²) in [6, 6.07) is 0. The molecule has 0 aliphatic carbocycles. The highest BCUT2D eigenvalue weighted by molar-refractivity contribution is 5.62. The minimum Gasteiger partial charge on any atom is -0.282 e. The third kappa shape index (κ3) is 1.40. The summed E-state index contributed by atoms with van der Waals surface area (Å²) in [6.07, 6.45) is 5.73. The van der Waals surface area contributed by atoms with Gasteiger partial charge in [0.25, 0.3) is 0 Å². The molecule has 1 rings (SSSR count). The zero-order valence-electron chi connectivity index (χ0n) is 6.89. The Morgan fingerprint density at radius 1 is 1.55 bits per heavy atom. The molecular weight excluding hydrogens is 136 g/mol. The van der Waals surface area contributed by atoms with E-state index in [1.165, 1.54) is 0 Å². The van der Waals surface area contributed by atoms with E-state index in [4.69, 9.17) is 0 Å². The average molecular weight is 148 g/mol. The van der Waals surface area contributed by atoms with Crippen LogP contribution in [0.25, 0.3) is 12.2 Å². The lowest BCUT2D eigenvalue weighted by molar-refractivity contribution is 1.04. The summed E-state index contributed by atoms with van der Waals surface area (Å²) < 4.78 is 0. The molecule has 2 heteroatoms. The summed E-state index contributed by atoms with van der Waals surface area (Å²) in [6.45, 7) is 7.67. The Balaban J connectivity index is 3.15. The second-order valence-corrected chi connectivity index (χ2v) is 2.35. The molecule has 0 unspecified atom stereocenters. The summed E-state index contributed by atoms with van der Waals surface area (Å²) in [4.78, 5) is 0. The average Bonchev–Trinajstić information content (AvgIpc) is 2.33. The van der Waals surface area contributed by atoms with E-state index in [1.54, 1.807) is 0 Å². The van der Waals surface area contributed by atoms with Crippen LogP contribution < -0.4 is 0 Å². The first-order valence-corrected chi connectivity index (χ1v) is 3.59. The Morgan fingerprint density at radius 3 is 2.82 bits per heavy atom. The SMILES string of the molecule is C=Cc1c(/C=C\C)n[nH]c1C. The van der Waals surface area contributed by atoms with Gasteiger partial charge >= 0.3 is 0 Å². The molecular formula is C9H12N2. The van der Waals surface area contributed by atoms with Gasteiger partial charge in [-0.3, -0.25) is 5.10 Å². The fraction of sp³-hybridized carbons (Fsp3) is 0.222. The number of H-pyrrole nitrogens is 1. The first-order valence-electron chi connectivity index (χ1n) is 3.59. The molecule has 0 aromatic carbocycles. The molecule has 0 bridgehead atoms. The van der Waals surface area contributed by atoms with Gasteiger partial charge in [-0.1, -0.05) is 18.7 Å². The van der Waals surface area contributed by atoms with Crippen LogP contribution in [0.3, 0.4) is 0 Å². The van der Waals surface area contributed by atoms with Crippen molar-refractivity contribution >= 4 is 12.2 Å². The lowest BCUT2D eigenvalue weighted by atomic mass is 10.2. The number of nitrogens with zero attached hydrogens (tertiary/aromatic N) is 1. The minimum absolute atomic E-state index is 0.958. The van der Waals surface area contributed by atoms with E-state index in [9.17, 15) is 0 Å². The molecule has 0 aliphatic rings. The van der Waals surface area contributed by atoms with Crippen LogP contribution in [0.2, 0.25) is 0 Å². The predicted octanol–water partition coefficient (Wildman–Crippen LogP) is 2.39. The lowest BCUT2D eigenvalue weighted by Gasteiger charge is -1.88. The van der Waals surface area contributed by atoms with Gasteiger partial charge in [0.2, 0.25) is 0 Å². The quantitative estimate of drug-likeness (QED) is 0.685. The van der Waals surface area contributed by atoms with Crippen LogP contribution in [-0.4, -0.2) is 10.2 Å².